The number of alkyl halides is 3. The van der Waals surface area contributed by atoms with Crippen molar-refractivity contribution in [2.45, 2.75) is 19.6 Å². The van der Waals surface area contributed by atoms with Crippen molar-refractivity contribution in [3.05, 3.63) is 41.5 Å². The number of halogens is 4. The predicted octanol–water partition coefficient (Wildman–Crippen LogP) is 3.99. The lowest BCUT2D eigenvalue weighted by Gasteiger charge is -2.27. The number of morpholine rings is 1. The molecule has 3 aromatic rings. The number of hydrogen-bond donors (Lipinski definition) is 0. The van der Waals surface area contributed by atoms with Crippen LogP contribution in [-0.2, 0) is 17.5 Å². The molecule has 0 unspecified atom stereocenters. The van der Waals surface area contributed by atoms with Gasteiger partial charge in [-0.05, 0) is 18.6 Å². The van der Waals surface area contributed by atoms with E-state index in [4.69, 9.17) is 4.74 Å². The van der Waals surface area contributed by atoms with Crippen LogP contribution >= 0.6 is 0 Å². The van der Waals surface area contributed by atoms with Crippen LogP contribution in [0.3, 0.4) is 0 Å². The second-order valence-corrected chi connectivity index (χ2v) is 6.75. The quantitative estimate of drug-likeness (QED) is 0.643. The fourth-order valence-corrected chi connectivity index (χ4v) is 3.70. The highest BCUT2D eigenvalue weighted by molar-refractivity contribution is 6.09. The number of fused-ring (bicyclic) bond motifs is 3. The molecule has 2 aromatic heterocycles. The van der Waals surface area contributed by atoms with Crippen molar-refractivity contribution < 1.29 is 22.3 Å². The minimum Gasteiger partial charge on any atom is -0.379 e. The average Bonchev–Trinajstić information content (AvgIpc) is 2.97. The van der Waals surface area contributed by atoms with Crippen LogP contribution in [0.4, 0.5) is 17.6 Å². The highest BCUT2D eigenvalue weighted by Crippen LogP contribution is 2.38. The fourth-order valence-electron chi connectivity index (χ4n) is 3.70. The molecule has 0 radical (unpaired) electrons. The number of benzene rings is 1. The Bertz CT molecular complexity index is 990. The highest BCUT2D eigenvalue weighted by atomic mass is 19.4. The van der Waals surface area contributed by atoms with Gasteiger partial charge in [-0.1, -0.05) is 12.1 Å². The van der Waals surface area contributed by atoms with Gasteiger partial charge in [0.25, 0.3) is 0 Å². The lowest BCUT2D eigenvalue weighted by Crippen LogP contribution is -2.38. The third kappa shape index (κ3) is 3.17. The number of ether oxygens (including phenoxy) is 1. The molecular formula is C19H19F4N3O. The molecule has 1 saturated heterocycles. The van der Waals surface area contributed by atoms with Crippen molar-refractivity contribution in [2.24, 2.45) is 0 Å². The van der Waals surface area contributed by atoms with Gasteiger partial charge in [0.05, 0.1) is 24.2 Å². The molecule has 0 atom stereocenters. The van der Waals surface area contributed by atoms with E-state index in [0.29, 0.717) is 49.2 Å². The van der Waals surface area contributed by atoms with Crippen LogP contribution in [0.15, 0.2) is 24.4 Å². The summed E-state index contributed by atoms with van der Waals surface area (Å²) in [7, 11) is 0. The zero-order valence-electron chi connectivity index (χ0n) is 14.8. The molecule has 3 heterocycles. The van der Waals surface area contributed by atoms with Crippen LogP contribution in [0.25, 0.3) is 21.8 Å². The summed E-state index contributed by atoms with van der Waals surface area (Å²) < 4.78 is 62.5. The van der Waals surface area contributed by atoms with Gasteiger partial charge in [0.15, 0.2) is 5.69 Å². The molecule has 4 rings (SSSR count). The standard InChI is InChI=1S/C19H19F4N3O/c1-12-2-3-13-14-4-5-24-18(19(21,22)23)17(14)26(16(13)15(12)20)7-6-25-8-10-27-11-9-25/h2-5H,6-11H2,1H3. The number of rotatable bonds is 3. The van der Waals surface area contributed by atoms with Crippen molar-refractivity contribution in [1.29, 1.82) is 0 Å². The first-order valence-electron chi connectivity index (χ1n) is 8.81. The van der Waals surface area contributed by atoms with Gasteiger partial charge in [-0.2, -0.15) is 13.2 Å². The van der Waals surface area contributed by atoms with Crippen LogP contribution in [-0.4, -0.2) is 47.3 Å². The summed E-state index contributed by atoms with van der Waals surface area (Å²) in [5, 5.41) is 0.844. The zero-order chi connectivity index (χ0) is 19.2. The second kappa shape index (κ2) is 6.76. The predicted molar refractivity (Wildman–Crippen MR) is 94.2 cm³/mol. The lowest BCUT2D eigenvalue weighted by molar-refractivity contribution is -0.140. The molecule has 0 N–H and O–H groups in total. The molecule has 0 amide bonds. The largest absolute Gasteiger partial charge is 0.435 e. The molecule has 0 spiro atoms. The molecule has 1 aromatic carbocycles. The maximum Gasteiger partial charge on any atom is 0.435 e. The zero-order valence-corrected chi connectivity index (χ0v) is 14.8. The van der Waals surface area contributed by atoms with Crippen molar-refractivity contribution in [2.75, 3.05) is 32.8 Å². The Labute approximate surface area is 153 Å². The van der Waals surface area contributed by atoms with Crippen LogP contribution < -0.4 is 0 Å². The first kappa shape index (κ1) is 18.2. The Kier molecular flexibility index (Phi) is 4.55. The highest BCUT2D eigenvalue weighted by Gasteiger charge is 2.37. The van der Waals surface area contributed by atoms with Crippen molar-refractivity contribution >= 4 is 21.8 Å². The molecular weight excluding hydrogens is 362 g/mol. The van der Waals surface area contributed by atoms with E-state index in [1.54, 1.807) is 19.1 Å². The number of aryl methyl sites for hydroxylation is 1. The number of hydrogen-bond acceptors (Lipinski definition) is 3. The number of pyridine rings is 1. The number of aromatic nitrogens is 2. The minimum atomic E-state index is -4.61. The SMILES string of the molecule is Cc1ccc2c3ccnc(C(F)(F)F)c3n(CCN3CCOCC3)c2c1F. The van der Waals surface area contributed by atoms with E-state index < -0.39 is 17.7 Å². The van der Waals surface area contributed by atoms with Crippen LogP contribution in [0.2, 0.25) is 0 Å². The van der Waals surface area contributed by atoms with E-state index in [-0.39, 0.29) is 17.6 Å². The first-order chi connectivity index (χ1) is 12.9. The first-order valence-corrected chi connectivity index (χ1v) is 8.81. The molecule has 0 saturated carbocycles. The van der Waals surface area contributed by atoms with Gasteiger partial charge in [-0.15, -0.1) is 0 Å². The van der Waals surface area contributed by atoms with Gasteiger partial charge in [0.2, 0.25) is 0 Å². The molecule has 0 bridgehead atoms. The summed E-state index contributed by atoms with van der Waals surface area (Å²) in [5.74, 6) is -0.487. The molecule has 4 nitrogen and oxygen atoms in total. The lowest BCUT2D eigenvalue weighted by atomic mass is 10.1. The van der Waals surface area contributed by atoms with Crippen molar-refractivity contribution in [3.8, 4) is 0 Å². The van der Waals surface area contributed by atoms with E-state index >= 15 is 0 Å². The molecule has 1 aliphatic heterocycles. The number of nitrogens with zero attached hydrogens (tertiary/aromatic N) is 3. The Morgan fingerprint density at radius 1 is 1.04 bits per heavy atom. The van der Waals surface area contributed by atoms with Gasteiger partial charge in [0, 0.05) is 43.1 Å². The molecule has 1 fully saturated rings. The van der Waals surface area contributed by atoms with Gasteiger partial charge >= 0.3 is 6.18 Å². The second-order valence-electron chi connectivity index (χ2n) is 6.75. The van der Waals surface area contributed by atoms with Gasteiger partial charge < -0.3 is 9.30 Å². The maximum atomic E-state index is 14.9. The van der Waals surface area contributed by atoms with E-state index in [9.17, 15) is 17.6 Å². The summed E-state index contributed by atoms with van der Waals surface area (Å²) >= 11 is 0. The van der Waals surface area contributed by atoms with Gasteiger partial charge in [-0.25, -0.2) is 9.37 Å². The fraction of sp³-hybridized carbons (Fsp3) is 0.421. The maximum absolute atomic E-state index is 14.9. The van der Waals surface area contributed by atoms with Crippen LogP contribution in [0, 0.1) is 12.7 Å². The van der Waals surface area contributed by atoms with E-state index in [0.717, 1.165) is 6.20 Å². The molecule has 1 aliphatic rings. The minimum absolute atomic E-state index is 0.0576. The smallest absolute Gasteiger partial charge is 0.379 e. The Hall–Kier alpha value is -2.19. The molecule has 0 aliphatic carbocycles. The monoisotopic (exact) mass is 381 g/mol. The summed E-state index contributed by atoms with van der Waals surface area (Å²) in [5.41, 5.74) is -0.427. The third-order valence-corrected chi connectivity index (χ3v) is 5.08. The summed E-state index contributed by atoms with van der Waals surface area (Å²) in [6.45, 7) is 4.98. The van der Waals surface area contributed by atoms with E-state index in [1.165, 1.54) is 10.6 Å². The Balaban J connectivity index is 1.92. The third-order valence-electron chi connectivity index (χ3n) is 5.08. The summed E-state index contributed by atoms with van der Waals surface area (Å²) in [6, 6.07) is 4.80. The summed E-state index contributed by atoms with van der Waals surface area (Å²) in [4.78, 5) is 5.69. The molecule has 8 heteroatoms. The molecule has 144 valence electrons. The summed E-state index contributed by atoms with van der Waals surface area (Å²) in [6.07, 6.45) is -3.48. The topological polar surface area (TPSA) is 30.3 Å². The van der Waals surface area contributed by atoms with E-state index in [2.05, 4.69) is 9.88 Å². The molecule has 27 heavy (non-hydrogen) atoms. The average molecular weight is 381 g/mol. The normalized spacial score (nSPS) is 16.5. The van der Waals surface area contributed by atoms with Crippen molar-refractivity contribution in [3.63, 3.8) is 0 Å². The van der Waals surface area contributed by atoms with Crippen LogP contribution in [0.5, 0.6) is 0 Å². The Morgan fingerprint density at radius 2 is 1.74 bits per heavy atom. The van der Waals surface area contributed by atoms with E-state index in [1.807, 2.05) is 0 Å². The van der Waals surface area contributed by atoms with Gasteiger partial charge in [0.1, 0.15) is 5.82 Å². The van der Waals surface area contributed by atoms with Gasteiger partial charge in [-0.3, -0.25) is 4.90 Å². The Morgan fingerprint density at radius 3 is 2.44 bits per heavy atom. The van der Waals surface area contributed by atoms with Crippen molar-refractivity contribution in [1.82, 2.24) is 14.5 Å². The van der Waals surface area contributed by atoms with Crippen LogP contribution in [0.1, 0.15) is 11.3 Å².